The molecule has 3 heterocycles. The number of piperidine rings is 1. The fraction of sp³-hybridized carbons (Fsp3) is 0.652. The molecule has 1 aromatic carbocycles. The standard InChI is InChI=1S/C23H33N5O2/c29-21(27-15-13-26(14-16-27)19-7-4-8-19)17-25-11-9-23(10-12-25)22(30)24-18-28(23)20-5-2-1-3-6-20/h1-3,5-6,19H,4,7-18H2,(H,24,30). The maximum absolute atomic E-state index is 12.9. The van der Waals surface area contributed by atoms with Gasteiger partial charge >= 0.3 is 0 Å². The zero-order valence-corrected chi connectivity index (χ0v) is 17.8. The molecule has 1 N–H and O–H groups in total. The van der Waals surface area contributed by atoms with Gasteiger partial charge in [0.15, 0.2) is 0 Å². The number of para-hydroxylation sites is 1. The number of benzene rings is 1. The highest BCUT2D eigenvalue weighted by Crippen LogP contribution is 2.36. The van der Waals surface area contributed by atoms with Crippen LogP contribution in [0.25, 0.3) is 0 Å². The van der Waals surface area contributed by atoms with Gasteiger partial charge in [0.2, 0.25) is 11.8 Å². The normalized spacial score (nSPS) is 25.4. The lowest BCUT2D eigenvalue weighted by molar-refractivity contribution is -0.135. The minimum absolute atomic E-state index is 0.129. The summed E-state index contributed by atoms with van der Waals surface area (Å²) >= 11 is 0. The van der Waals surface area contributed by atoms with Crippen LogP contribution in [0.2, 0.25) is 0 Å². The van der Waals surface area contributed by atoms with Crippen LogP contribution < -0.4 is 10.2 Å². The summed E-state index contributed by atoms with van der Waals surface area (Å²) in [5.74, 6) is 0.374. The fourth-order valence-corrected chi connectivity index (χ4v) is 5.49. The number of nitrogens with one attached hydrogen (secondary N) is 1. The van der Waals surface area contributed by atoms with Crippen molar-refractivity contribution in [3.8, 4) is 0 Å². The second kappa shape index (κ2) is 8.19. The van der Waals surface area contributed by atoms with E-state index in [4.69, 9.17) is 0 Å². The molecule has 7 nitrogen and oxygen atoms in total. The SMILES string of the molecule is O=C(CN1CCC2(CC1)C(=O)NCN2c1ccccc1)N1CCN(C2CCC2)CC1. The molecule has 4 fully saturated rings. The highest BCUT2D eigenvalue weighted by molar-refractivity contribution is 5.93. The summed E-state index contributed by atoms with van der Waals surface area (Å²) < 4.78 is 0. The molecular weight excluding hydrogens is 378 g/mol. The highest BCUT2D eigenvalue weighted by Gasteiger charge is 2.50. The number of carbonyl (C=O) groups excluding carboxylic acids is 2. The van der Waals surface area contributed by atoms with Crippen LogP contribution in [0, 0.1) is 0 Å². The molecule has 2 amide bonds. The van der Waals surface area contributed by atoms with Crippen molar-refractivity contribution in [3.63, 3.8) is 0 Å². The van der Waals surface area contributed by atoms with Gasteiger partial charge in [0.05, 0.1) is 13.2 Å². The Hall–Kier alpha value is -2.12. The number of piperazine rings is 1. The molecule has 1 aromatic rings. The number of anilines is 1. The lowest BCUT2D eigenvalue weighted by Crippen LogP contribution is -2.58. The summed E-state index contributed by atoms with van der Waals surface area (Å²) in [6.45, 7) is 6.36. The average Bonchev–Trinajstić information content (AvgIpc) is 3.05. The number of rotatable bonds is 4. The molecule has 4 aliphatic rings. The molecule has 7 heteroatoms. The summed E-state index contributed by atoms with van der Waals surface area (Å²) in [5, 5.41) is 3.05. The third-order valence-corrected chi connectivity index (χ3v) is 7.71. The van der Waals surface area contributed by atoms with Gasteiger partial charge in [-0.15, -0.1) is 0 Å². The van der Waals surface area contributed by atoms with E-state index in [0.717, 1.165) is 63.8 Å². The Morgan fingerprint density at radius 1 is 1.00 bits per heavy atom. The monoisotopic (exact) mass is 411 g/mol. The van der Waals surface area contributed by atoms with E-state index >= 15 is 0 Å². The largest absolute Gasteiger partial charge is 0.339 e. The Morgan fingerprint density at radius 2 is 1.70 bits per heavy atom. The summed E-state index contributed by atoms with van der Waals surface area (Å²) in [5.41, 5.74) is 0.611. The molecule has 162 valence electrons. The first kappa shape index (κ1) is 19.8. The van der Waals surface area contributed by atoms with E-state index in [-0.39, 0.29) is 11.8 Å². The second-order valence-electron chi connectivity index (χ2n) is 9.24. The Labute approximate surface area is 179 Å². The third-order valence-electron chi connectivity index (χ3n) is 7.71. The van der Waals surface area contributed by atoms with Crippen LogP contribution in [-0.2, 0) is 9.59 Å². The van der Waals surface area contributed by atoms with Crippen molar-refractivity contribution in [1.29, 1.82) is 0 Å². The van der Waals surface area contributed by atoms with E-state index in [9.17, 15) is 9.59 Å². The van der Waals surface area contributed by atoms with Gasteiger partial charge in [-0.05, 0) is 37.8 Å². The van der Waals surface area contributed by atoms with Gasteiger partial charge in [0.25, 0.3) is 0 Å². The van der Waals surface area contributed by atoms with Crippen molar-refractivity contribution in [2.45, 2.75) is 43.7 Å². The van der Waals surface area contributed by atoms with Crippen LogP contribution >= 0.6 is 0 Å². The van der Waals surface area contributed by atoms with Crippen molar-refractivity contribution in [2.75, 3.05) is 57.4 Å². The molecule has 3 saturated heterocycles. The number of hydrogen-bond acceptors (Lipinski definition) is 5. The number of amides is 2. The van der Waals surface area contributed by atoms with Crippen LogP contribution in [0.1, 0.15) is 32.1 Å². The first-order chi connectivity index (χ1) is 14.7. The molecular formula is C23H33N5O2. The van der Waals surface area contributed by atoms with E-state index in [2.05, 4.69) is 32.1 Å². The summed E-state index contributed by atoms with van der Waals surface area (Å²) in [6, 6.07) is 10.9. The van der Waals surface area contributed by atoms with Gasteiger partial charge in [-0.2, -0.15) is 0 Å². The zero-order valence-electron chi connectivity index (χ0n) is 17.8. The number of likely N-dealkylation sites (tertiary alicyclic amines) is 1. The molecule has 5 rings (SSSR count). The van der Waals surface area contributed by atoms with Crippen molar-refractivity contribution < 1.29 is 9.59 Å². The predicted molar refractivity (Wildman–Crippen MR) is 116 cm³/mol. The predicted octanol–water partition coefficient (Wildman–Crippen LogP) is 1.11. The molecule has 1 aliphatic carbocycles. The van der Waals surface area contributed by atoms with Gasteiger partial charge in [-0.1, -0.05) is 24.6 Å². The number of nitrogens with zero attached hydrogens (tertiary/aromatic N) is 4. The molecule has 3 aliphatic heterocycles. The molecule has 1 saturated carbocycles. The Balaban J connectivity index is 1.15. The molecule has 0 atom stereocenters. The Morgan fingerprint density at radius 3 is 2.33 bits per heavy atom. The topological polar surface area (TPSA) is 59.1 Å². The molecule has 30 heavy (non-hydrogen) atoms. The Bertz CT molecular complexity index is 765. The maximum atomic E-state index is 12.9. The Kier molecular flexibility index (Phi) is 5.41. The van der Waals surface area contributed by atoms with Gasteiger partial charge in [0, 0.05) is 51.0 Å². The second-order valence-corrected chi connectivity index (χ2v) is 9.24. The summed E-state index contributed by atoms with van der Waals surface area (Å²) in [7, 11) is 0. The summed E-state index contributed by atoms with van der Waals surface area (Å²) in [6.07, 6.45) is 5.54. The van der Waals surface area contributed by atoms with Crippen LogP contribution in [0.4, 0.5) is 5.69 Å². The minimum Gasteiger partial charge on any atom is -0.339 e. The quantitative estimate of drug-likeness (QED) is 0.805. The minimum atomic E-state index is -0.477. The first-order valence-electron chi connectivity index (χ1n) is 11.5. The van der Waals surface area contributed by atoms with E-state index in [1.54, 1.807) is 0 Å². The first-order valence-corrected chi connectivity index (χ1v) is 11.5. The lowest BCUT2D eigenvalue weighted by Gasteiger charge is -2.44. The van der Waals surface area contributed by atoms with Crippen LogP contribution in [0.15, 0.2) is 30.3 Å². The molecule has 1 spiro atoms. The number of carbonyl (C=O) groups is 2. The summed E-state index contributed by atoms with van der Waals surface area (Å²) in [4.78, 5) is 34.7. The number of hydrogen-bond donors (Lipinski definition) is 1. The van der Waals surface area contributed by atoms with Crippen LogP contribution in [-0.4, -0.2) is 90.6 Å². The zero-order chi connectivity index (χ0) is 20.6. The van der Waals surface area contributed by atoms with Gasteiger partial charge in [0.1, 0.15) is 5.54 Å². The van der Waals surface area contributed by atoms with E-state index < -0.39 is 5.54 Å². The van der Waals surface area contributed by atoms with E-state index in [1.165, 1.54) is 19.3 Å². The van der Waals surface area contributed by atoms with E-state index in [1.807, 2.05) is 23.1 Å². The molecule has 0 unspecified atom stereocenters. The van der Waals surface area contributed by atoms with Gasteiger partial charge in [-0.3, -0.25) is 19.4 Å². The van der Waals surface area contributed by atoms with Crippen molar-refractivity contribution in [3.05, 3.63) is 30.3 Å². The van der Waals surface area contributed by atoms with Crippen LogP contribution in [0.3, 0.4) is 0 Å². The smallest absolute Gasteiger partial charge is 0.247 e. The fourth-order valence-electron chi connectivity index (χ4n) is 5.49. The van der Waals surface area contributed by atoms with Crippen molar-refractivity contribution in [1.82, 2.24) is 20.0 Å². The lowest BCUT2D eigenvalue weighted by atomic mass is 9.85. The van der Waals surface area contributed by atoms with E-state index in [0.29, 0.717) is 13.2 Å². The highest BCUT2D eigenvalue weighted by atomic mass is 16.2. The van der Waals surface area contributed by atoms with Gasteiger partial charge in [-0.25, -0.2) is 0 Å². The van der Waals surface area contributed by atoms with Crippen molar-refractivity contribution in [2.24, 2.45) is 0 Å². The van der Waals surface area contributed by atoms with Crippen LogP contribution in [0.5, 0.6) is 0 Å². The third kappa shape index (κ3) is 3.58. The van der Waals surface area contributed by atoms with Gasteiger partial charge < -0.3 is 15.1 Å². The van der Waals surface area contributed by atoms with Crippen molar-refractivity contribution >= 4 is 17.5 Å². The maximum Gasteiger partial charge on any atom is 0.247 e. The molecule has 0 radical (unpaired) electrons. The average molecular weight is 412 g/mol. The molecule has 0 aromatic heterocycles. The molecule has 0 bridgehead atoms.